The second-order valence-corrected chi connectivity index (χ2v) is 16.8. The van der Waals surface area contributed by atoms with Crippen LogP contribution < -0.4 is 0 Å². The highest BCUT2D eigenvalue weighted by Gasteiger charge is 2.51. The molecule has 10 atom stereocenters. The van der Waals surface area contributed by atoms with Crippen molar-refractivity contribution in [1.82, 2.24) is 0 Å². The van der Waals surface area contributed by atoms with Crippen LogP contribution in [0.1, 0.15) is 40.3 Å². The third-order valence-electron chi connectivity index (χ3n) is 12.0. The van der Waals surface area contributed by atoms with Crippen LogP contribution in [0.3, 0.4) is 0 Å². The van der Waals surface area contributed by atoms with E-state index in [1.54, 1.807) is 7.11 Å². The molecule has 0 spiro atoms. The molecule has 0 saturated carbocycles. The Bertz CT molecular complexity index is 2220. The molecule has 0 N–H and O–H groups in total. The zero-order valence-corrected chi connectivity index (χ0v) is 37.8. The zero-order chi connectivity index (χ0) is 45.2. The third kappa shape index (κ3) is 13.5. The lowest BCUT2D eigenvalue weighted by molar-refractivity contribution is -0.344. The Morgan fingerprint density at radius 2 is 0.652 bits per heavy atom. The Morgan fingerprint density at radius 1 is 0.333 bits per heavy atom. The Balaban J connectivity index is 1.11. The summed E-state index contributed by atoms with van der Waals surface area (Å²) in [6, 6.07) is 60.6. The van der Waals surface area contributed by atoms with Crippen molar-refractivity contribution in [3.05, 3.63) is 215 Å². The lowest BCUT2D eigenvalue weighted by Gasteiger charge is -2.47. The molecule has 0 bridgehead atoms. The maximum absolute atomic E-state index is 7.03. The highest BCUT2D eigenvalue weighted by molar-refractivity contribution is 5.18. The van der Waals surface area contributed by atoms with E-state index in [-0.39, 0.29) is 25.7 Å². The average molecular weight is 895 g/mol. The molecule has 2 aliphatic rings. The van der Waals surface area contributed by atoms with Crippen LogP contribution in [0.4, 0.5) is 0 Å². The predicted octanol–water partition coefficient (Wildman–Crippen LogP) is 9.88. The van der Waals surface area contributed by atoms with E-state index in [1.165, 1.54) is 0 Å². The van der Waals surface area contributed by atoms with E-state index in [1.807, 2.05) is 170 Å². The largest absolute Gasteiger partial charge is 0.374 e. The fraction of sp³-hybridized carbons (Fsp3) is 0.357. The van der Waals surface area contributed by atoms with Gasteiger partial charge in [0.2, 0.25) is 0 Å². The van der Waals surface area contributed by atoms with Gasteiger partial charge in [0.05, 0.1) is 59.0 Å². The van der Waals surface area contributed by atoms with Gasteiger partial charge in [-0.15, -0.1) is 0 Å². The summed E-state index contributed by atoms with van der Waals surface area (Å²) in [5, 5.41) is 0. The van der Waals surface area contributed by atoms with E-state index in [4.69, 9.17) is 47.4 Å². The first-order valence-corrected chi connectivity index (χ1v) is 23.0. The maximum atomic E-state index is 7.03. The summed E-state index contributed by atoms with van der Waals surface area (Å²) >= 11 is 0. The van der Waals surface area contributed by atoms with E-state index >= 15 is 0 Å². The molecule has 2 fully saturated rings. The molecule has 2 saturated heterocycles. The van der Waals surface area contributed by atoms with E-state index in [2.05, 4.69) is 19.1 Å². The van der Waals surface area contributed by atoms with E-state index in [0.29, 0.717) is 33.0 Å². The van der Waals surface area contributed by atoms with Crippen molar-refractivity contribution in [2.45, 2.75) is 102 Å². The van der Waals surface area contributed by atoms with Crippen LogP contribution in [-0.2, 0) is 87.0 Å². The highest BCUT2D eigenvalue weighted by atomic mass is 16.7. The number of benzene rings is 6. The smallest absolute Gasteiger partial charge is 0.187 e. The second-order valence-electron chi connectivity index (χ2n) is 16.8. The van der Waals surface area contributed by atoms with Crippen molar-refractivity contribution in [2.75, 3.05) is 20.3 Å². The van der Waals surface area contributed by atoms with Crippen molar-refractivity contribution >= 4 is 0 Å². The van der Waals surface area contributed by atoms with Crippen molar-refractivity contribution in [2.24, 2.45) is 5.92 Å². The highest BCUT2D eigenvalue weighted by Crippen LogP contribution is 2.35. The number of hydrogen-bond acceptors (Lipinski definition) is 10. The summed E-state index contributed by atoms with van der Waals surface area (Å²) in [7, 11) is 1.65. The van der Waals surface area contributed by atoms with Gasteiger partial charge < -0.3 is 47.4 Å². The molecule has 10 heteroatoms. The van der Waals surface area contributed by atoms with Crippen molar-refractivity contribution in [1.29, 1.82) is 0 Å². The molecule has 66 heavy (non-hydrogen) atoms. The first kappa shape index (κ1) is 47.4. The monoisotopic (exact) mass is 894 g/mol. The van der Waals surface area contributed by atoms with Gasteiger partial charge in [0, 0.05) is 13.0 Å². The summed E-state index contributed by atoms with van der Waals surface area (Å²) in [6.07, 6.45) is -5.77. The van der Waals surface area contributed by atoms with Gasteiger partial charge in [0.1, 0.15) is 36.6 Å². The predicted molar refractivity (Wildman–Crippen MR) is 251 cm³/mol. The number of methoxy groups -OCH3 is 1. The molecule has 10 nitrogen and oxygen atoms in total. The summed E-state index contributed by atoms with van der Waals surface area (Å²) in [6.45, 7) is 4.37. The van der Waals surface area contributed by atoms with E-state index in [9.17, 15) is 0 Å². The molecule has 0 aliphatic carbocycles. The molecule has 8 rings (SSSR count). The molecule has 0 radical (unpaired) electrons. The normalized spacial score (nSPS) is 25.4. The molecule has 6 aromatic carbocycles. The van der Waals surface area contributed by atoms with Gasteiger partial charge in [-0.2, -0.15) is 0 Å². The fourth-order valence-corrected chi connectivity index (χ4v) is 8.50. The minimum atomic E-state index is -0.946. The van der Waals surface area contributed by atoms with Gasteiger partial charge in [-0.3, -0.25) is 0 Å². The van der Waals surface area contributed by atoms with Crippen LogP contribution in [0.5, 0.6) is 0 Å². The first-order valence-electron chi connectivity index (χ1n) is 23.0. The zero-order valence-electron chi connectivity index (χ0n) is 37.8. The second kappa shape index (κ2) is 25.2. The Morgan fingerprint density at radius 3 is 1.06 bits per heavy atom. The van der Waals surface area contributed by atoms with Gasteiger partial charge in [-0.05, 0) is 33.4 Å². The van der Waals surface area contributed by atoms with Crippen LogP contribution >= 0.6 is 0 Å². The fourth-order valence-electron chi connectivity index (χ4n) is 8.50. The minimum Gasteiger partial charge on any atom is -0.374 e. The van der Waals surface area contributed by atoms with Gasteiger partial charge >= 0.3 is 0 Å². The summed E-state index contributed by atoms with van der Waals surface area (Å²) in [5.74, 6) is -0.173. The number of rotatable bonds is 23. The molecular formula is C56H62O10. The van der Waals surface area contributed by atoms with Crippen LogP contribution in [0.2, 0.25) is 0 Å². The van der Waals surface area contributed by atoms with E-state index < -0.39 is 55.3 Å². The quantitative estimate of drug-likeness (QED) is 0.0619. The van der Waals surface area contributed by atoms with Crippen molar-refractivity contribution < 1.29 is 47.4 Å². The van der Waals surface area contributed by atoms with Gasteiger partial charge in [0.25, 0.3) is 0 Å². The van der Waals surface area contributed by atoms with Gasteiger partial charge in [-0.1, -0.05) is 189 Å². The number of ether oxygens (including phenoxy) is 10. The lowest BCUT2D eigenvalue weighted by atomic mass is 9.91. The third-order valence-corrected chi connectivity index (χ3v) is 12.0. The van der Waals surface area contributed by atoms with Gasteiger partial charge in [-0.25, -0.2) is 0 Å². The van der Waals surface area contributed by atoms with Crippen LogP contribution in [0, 0.1) is 5.92 Å². The first-order chi connectivity index (χ1) is 32.6. The Hall–Kier alpha value is -5.08. The van der Waals surface area contributed by atoms with Crippen molar-refractivity contribution in [3.63, 3.8) is 0 Å². The Labute approximate surface area is 389 Å². The van der Waals surface area contributed by atoms with Gasteiger partial charge in [0.15, 0.2) is 12.6 Å². The topological polar surface area (TPSA) is 92.3 Å². The average Bonchev–Trinajstić information content (AvgIpc) is 3.37. The molecule has 2 heterocycles. The molecule has 6 aromatic rings. The van der Waals surface area contributed by atoms with Crippen LogP contribution in [0.15, 0.2) is 182 Å². The molecule has 0 amide bonds. The molecule has 0 aromatic heterocycles. The maximum Gasteiger partial charge on any atom is 0.187 e. The van der Waals surface area contributed by atoms with Crippen LogP contribution in [0.25, 0.3) is 0 Å². The summed E-state index contributed by atoms with van der Waals surface area (Å²) in [5.41, 5.74) is 6.16. The Kier molecular flexibility index (Phi) is 18.1. The number of hydrogen-bond donors (Lipinski definition) is 0. The van der Waals surface area contributed by atoms with E-state index in [0.717, 1.165) is 33.4 Å². The molecular weight excluding hydrogens is 833 g/mol. The SMILES string of the molecule is COC1OC(COC2OC(COCc3ccccc3)C(OCc3ccccc3)C(OCc3ccccc3)C2OCc2ccccc2)C(OCc2ccccc2)C(OCc2ccccc2)C1C. The lowest BCUT2D eigenvalue weighted by Crippen LogP contribution is -2.63. The standard InChI is InChI=1S/C56H62O10/c1-41-50(59-34-43-23-11-4-12-24-43)51(60-35-44-25-13-5-14-26-44)49(65-55(41)57-2)40-64-56-54(63-38-47-31-19-8-20-32-47)53(62-37-46-29-17-7-18-30-46)52(61-36-45-27-15-6-16-28-45)48(66-56)39-58-33-42-21-9-3-10-22-42/h3-32,41,48-56H,33-40H2,1-2H3. The minimum absolute atomic E-state index is 0.0611. The molecule has 2 aliphatic heterocycles. The summed E-state index contributed by atoms with van der Waals surface area (Å²) in [4.78, 5) is 0. The van der Waals surface area contributed by atoms with Crippen molar-refractivity contribution in [3.8, 4) is 0 Å². The summed E-state index contributed by atoms with van der Waals surface area (Å²) < 4.78 is 67.5. The molecule has 346 valence electrons. The van der Waals surface area contributed by atoms with Crippen LogP contribution in [-0.4, -0.2) is 75.6 Å². The molecule has 10 unspecified atom stereocenters.